The lowest BCUT2D eigenvalue weighted by molar-refractivity contribution is 0.304. The lowest BCUT2D eigenvalue weighted by Crippen LogP contribution is -2.25. The molecule has 2 rings (SSSR count). The molecular formula is C22H29N. The fraction of sp³-hybridized carbons (Fsp3) is 0.364. The number of benzene rings is 2. The van der Waals surface area contributed by atoms with Gasteiger partial charge in [0.2, 0.25) is 0 Å². The van der Waals surface area contributed by atoms with Gasteiger partial charge in [-0.1, -0.05) is 74.5 Å². The molecule has 0 saturated carbocycles. The summed E-state index contributed by atoms with van der Waals surface area (Å²) in [5.74, 6) is 0. The summed E-state index contributed by atoms with van der Waals surface area (Å²) in [6.07, 6.45) is 4.81. The maximum atomic E-state index is 2.53. The summed E-state index contributed by atoms with van der Waals surface area (Å²) in [5.41, 5.74) is 5.23. The number of allylic oxidation sites excluding steroid dienone is 1. The Bertz CT molecular complexity index is 590. The number of hydrogen-bond acceptors (Lipinski definition) is 1. The summed E-state index contributed by atoms with van der Waals surface area (Å²) < 4.78 is 0. The van der Waals surface area contributed by atoms with Gasteiger partial charge in [-0.3, -0.25) is 4.90 Å². The van der Waals surface area contributed by atoms with Gasteiger partial charge in [-0.2, -0.15) is 0 Å². The van der Waals surface area contributed by atoms with Crippen molar-refractivity contribution in [3.63, 3.8) is 0 Å². The Labute approximate surface area is 141 Å². The quantitative estimate of drug-likeness (QED) is 0.588. The molecule has 23 heavy (non-hydrogen) atoms. The summed E-state index contributed by atoms with van der Waals surface area (Å²) in [5, 5.41) is 0. The first kappa shape index (κ1) is 17.5. The molecule has 0 bridgehead atoms. The maximum Gasteiger partial charge on any atom is 0.0169 e. The van der Waals surface area contributed by atoms with Crippen molar-refractivity contribution in [3.8, 4) is 11.1 Å². The first-order valence-corrected chi connectivity index (χ1v) is 8.79. The van der Waals surface area contributed by atoms with Crippen LogP contribution in [0, 0.1) is 0 Å². The SMILES string of the molecule is CCCN(CC=C(C)c1ccc(-c2ccccc2)cc1)CCC. The van der Waals surface area contributed by atoms with Gasteiger partial charge in [0.15, 0.2) is 0 Å². The number of nitrogens with zero attached hydrogens (tertiary/aromatic N) is 1. The Morgan fingerprint density at radius 3 is 1.96 bits per heavy atom. The second kappa shape index (κ2) is 9.32. The van der Waals surface area contributed by atoms with Crippen molar-refractivity contribution in [1.82, 2.24) is 4.90 Å². The van der Waals surface area contributed by atoms with Gasteiger partial charge in [0.25, 0.3) is 0 Å². The molecule has 122 valence electrons. The normalized spacial score (nSPS) is 11.9. The highest BCUT2D eigenvalue weighted by Crippen LogP contribution is 2.22. The molecule has 0 aromatic heterocycles. The maximum absolute atomic E-state index is 2.53. The van der Waals surface area contributed by atoms with Gasteiger partial charge in [0.05, 0.1) is 0 Å². The standard InChI is InChI=1S/C22H29N/c1-4-16-23(17-5-2)18-15-19(3)20-11-13-22(14-12-20)21-9-7-6-8-10-21/h6-15H,4-5,16-18H2,1-3H3. The lowest BCUT2D eigenvalue weighted by atomic mass is 10.0. The van der Waals surface area contributed by atoms with Crippen LogP contribution >= 0.6 is 0 Å². The molecule has 0 fully saturated rings. The molecule has 2 aromatic carbocycles. The van der Waals surface area contributed by atoms with Crippen LogP contribution < -0.4 is 0 Å². The molecule has 1 nitrogen and oxygen atoms in total. The van der Waals surface area contributed by atoms with E-state index in [1.165, 1.54) is 48.2 Å². The van der Waals surface area contributed by atoms with Crippen molar-refractivity contribution >= 4 is 5.57 Å². The van der Waals surface area contributed by atoms with E-state index >= 15 is 0 Å². The monoisotopic (exact) mass is 307 g/mol. The van der Waals surface area contributed by atoms with E-state index in [1.54, 1.807) is 0 Å². The summed E-state index contributed by atoms with van der Waals surface area (Å²) in [6.45, 7) is 10.1. The van der Waals surface area contributed by atoms with E-state index in [-0.39, 0.29) is 0 Å². The smallest absolute Gasteiger partial charge is 0.0169 e. The van der Waals surface area contributed by atoms with Crippen LogP contribution in [-0.4, -0.2) is 24.5 Å². The number of hydrogen-bond donors (Lipinski definition) is 0. The third-order valence-electron chi connectivity index (χ3n) is 4.18. The molecule has 0 radical (unpaired) electrons. The number of rotatable bonds is 8. The van der Waals surface area contributed by atoms with Gasteiger partial charge in [-0.25, -0.2) is 0 Å². The second-order valence-corrected chi connectivity index (χ2v) is 6.13. The summed E-state index contributed by atoms with van der Waals surface area (Å²) in [4.78, 5) is 2.53. The molecule has 0 aliphatic heterocycles. The molecule has 0 unspecified atom stereocenters. The van der Waals surface area contributed by atoms with Gasteiger partial charge in [0.1, 0.15) is 0 Å². The highest BCUT2D eigenvalue weighted by molar-refractivity contribution is 5.69. The first-order chi connectivity index (χ1) is 11.2. The minimum atomic E-state index is 1.05. The topological polar surface area (TPSA) is 3.24 Å². The fourth-order valence-corrected chi connectivity index (χ4v) is 2.87. The highest BCUT2D eigenvalue weighted by atomic mass is 15.1. The fourth-order valence-electron chi connectivity index (χ4n) is 2.87. The molecule has 0 spiro atoms. The molecule has 0 aliphatic carbocycles. The van der Waals surface area contributed by atoms with Gasteiger partial charge in [0, 0.05) is 6.54 Å². The predicted octanol–water partition coefficient (Wildman–Crippen LogP) is 5.88. The third-order valence-corrected chi connectivity index (χ3v) is 4.18. The van der Waals surface area contributed by atoms with Crippen LogP contribution in [0.3, 0.4) is 0 Å². The summed E-state index contributed by atoms with van der Waals surface area (Å²) in [6, 6.07) is 19.5. The van der Waals surface area contributed by atoms with E-state index in [4.69, 9.17) is 0 Å². The summed E-state index contributed by atoms with van der Waals surface area (Å²) in [7, 11) is 0. The van der Waals surface area contributed by atoms with E-state index in [0.717, 1.165) is 6.54 Å². The third kappa shape index (κ3) is 5.37. The van der Waals surface area contributed by atoms with Crippen molar-refractivity contribution < 1.29 is 0 Å². The van der Waals surface area contributed by atoms with Crippen LogP contribution in [0.5, 0.6) is 0 Å². The molecule has 0 saturated heterocycles. The zero-order chi connectivity index (χ0) is 16.5. The van der Waals surface area contributed by atoms with E-state index in [0.29, 0.717) is 0 Å². The molecule has 0 atom stereocenters. The van der Waals surface area contributed by atoms with Gasteiger partial charge in [-0.05, 0) is 55.1 Å². The van der Waals surface area contributed by atoms with Gasteiger partial charge >= 0.3 is 0 Å². The Morgan fingerprint density at radius 2 is 1.39 bits per heavy atom. The van der Waals surface area contributed by atoms with E-state index in [2.05, 4.69) is 86.3 Å². The van der Waals surface area contributed by atoms with Crippen molar-refractivity contribution in [2.24, 2.45) is 0 Å². The van der Waals surface area contributed by atoms with Crippen LogP contribution in [0.25, 0.3) is 16.7 Å². The predicted molar refractivity (Wildman–Crippen MR) is 103 cm³/mol. The largest absolute Gasteiger partial charge is 0.300 e. The Morgan fingerprint density at radius 1 is 0.826 bits per heavy atom. The second-order valence-electron chi connectivity index (χ2n) is 6.13. The zero-order valence-corrected chi connectivity index (χ0v) is 14.8. The van der Waals surface area contributed by atoms with Crippen LogP contribution in [0.15, 0.2) is 60.7 Å². The molecule has 2 aromatic rings. The minimum absolute atomic E-state index is 1.05. The van der Waals surface area contributed by atoms with Crippen LogP contribution in [-0.2, 0) is 0 Å². The molecule has 0 amide bonds. The Hall–Kier alpha value is -1.86. The van der Waals surface area contributed by atoms with Crippen molar-refractivity contribution in [2.45, 2.75) is 33.6 Å². The van der Waals surface area contributed by atoms with Crippen molar-refractivity contribution in [1.29, 1.82) is 0 Å². The lowest BCUT2D eigenvalue weighted by Gasteiger charge is -2.19. The van der Waals surface area contributed by atoms with Crippen LogP contribution in [0.1, 0.15) is 39.2 Å². The average Bonchev–Trinajstić information content (AvgIpc) is 2.61. The highest BCUT2D eigenvalue weighted by Gasteiger charge is 2.02. The van der Waals surface area contributed by atoms with E-state index < -0.39 is 0 Å². The van der Waals surface area contributed by atoms with Crippen molar-refractivity contribution in [2.75, 3.05) is 19.6 Å². The Balaban J connectivity index is 2.04. The van der Waals surface area contributed by atoms with Crippen LogP contribution in [0.2, 0.25) is 0 Å². The minimum Gasteiger partial charge on any atom is -0.300 e. The Kier molecular flexibility index (Phi) is 7.09. The van der Waals surface area contributed by atoms with Crippen molar-refractivity contribution in [3.05, 3.63) is 66.2 Å². The zero-order valence-electron chi connectivity index (χ0n) is 14.8. The van der Waals surface area contributed by atoms with E-state index in [9.17, 15) is 0 Å². The molecule has 0 N–H and O–H groups in total. The average molecular weight is 307 g/mol. The molecular weight excluding hydrogens is 278 g/mol. The summed E-state index contributed by atoms with van der Waals surface area (Å²) >= 11 is 0. The van der Waals surface area contributed by atoms with Gasteiger partial charge < -0.3 is 0 Å². The van der Waals surface area contributed by atoms with Gasteiger partial charge in [-0.15, -0.1) is 0 Å². The first-order valence-electron chi connectivity index (χ1n) is 8.79. The molecule has 1 heteroatoms. The van der Waals surface area contributed by atoms with E-state index in [1.807, 2.05) is 0 Å². The molecule has 0 heterocycles. The molecule has 0 aliphatic rings. The van der Waals surface area contributed by atoms with Crippen LogP contribution in [0.4, 0.5) is 0 Å².